The molecule has 0 saturated carbocycles. The van der Waals surface area contributed by atoms with Gasteiger partial charge in [-0.1, -0.05) is 176 Å². The summed E-state index contributed by atoms with van der Waals surface area (Å²) in [5.41, 5.74) is 12.8. The van der Waals surface area contributed by atoms with Gasteiger partial charge in [0.2, 0.25) is 0 Å². The van der Waals surface area contributed by atoms with E-state index in [1.165, 1.54) is 76.8 Å². The summed E-state index contributed by atoms with van der Waals surface area (Å²) in [5, 5.41) is 7.41. The summed E-state index contributed by atoms with van der Waals surface area (Å²) in [6.07, 6.45) is 0. The van der Waals surface area contributed by atoms with Crippen molar-refractivity contribution in [2.24, 2.45) is 0 Å². The zero-order chi connectivity index (χ0) is 36.6. The molecule has 0 unspecified atom stereocenters. The Labute approximate surface area is 322 Å². The fraction of sp³-hybridized carbons (Fsp3) is 0. The number of benzene rings is 10. The first-order chi connectivity index (χ1) is 27.2. The van der Waals surface area contributed by atoms with Gasteiger partial charge in [0.15, 0.2) is 0 Å². The van der Waals surface area contributed by atoms with Crippen LogP contribution in [0.25, 0.3) is 76.8 Å². The Kier molecular flexibility index (Phi) is 8.24. The third-order valence-electron chi connectivity index (χ3n) is 10.8. The molecule has 258 valence electrons. The average Bonchev–Trinajstić information content (AvgIpc) is 3.26. The molecule has 0 fully saturated rings. The third-order valence-corrected chi connectivity index (χ3v) is 10.8. The van der Waals surface area contributed by atoms with Gasteiger partial charge in [0.25, 0.3) is 0 Å². The van der Waals surface area contributed by atoms with E-state index in [2.05, 4.69) is 229 Å². The molecule has 10 aromatic rings. The fourth-order valence-electron chi connectivity index (χ4n) is 7.92. The van der Waals surface area contributed by atoms with Crippen molar-refractivity contribution in [2.75, 3.05) is 4.90 Å². The SMILES string of the molecule is c1ccc(-c2ccc(N(c3cccc(-c4ccc5ccccc5c4)c3)c3cc(-c4ccc5ccccc5c4)ccc3-c3ccc4ccccc4c3)cc2)cc1. The minimum atomic E-state index is 1.09. The van der Waals surface area contributed by atoms with Gasteiger partial charge in [-0.2, -0.15) is 0 Å². The standard InChI is InChI=1S/C54H37N/c1-2-11-38(12-3-1)42-27-30-51(31-28-42)55(52-20-10-19-46(36-52)47-24-21-39-13-4-7-16-43(39)33-47)54-37-49(48-25-22-40-14-5-8-17-44(40)34-48)29-32-53(54)50-26-23-41-15-6-9-18-45(41)35-50/h1-37H. The van der Waals surface area contributed by atoms with Gasteiger partial charge in [0.05, 0.1) is 5.69 Å². The molecule has 1 heteroatoms. The molecule has 1 nitrogen and oxygen atoms in total. The molecule has 10 aromatic carbocycles. The number of fused-ring (bicyclic) bond motifs is 3. The van der Waals surface area contributed by atoms with Crippen LogP contribution in [0.1, 0.15) is 0 Å². The van der Waals surface area contributed by atoms with Gasteiger partial charge in [-0.15, -0.1) is 0 Å². The molecule has 0 heterocycles. The maximum Gasteiger partial charge on any atom is 0.0546 e. The van der Waals surface area contributed by atoms with Crippen molar-refractivity contribution in [3.05, 3.63) is 224 Å². The highest BCUT2D eigenvalue weighted by molar-refractivity contribution is 5.96. The van der Waals surface area contributed by atoms with Crippen molar-refractivity contribution in [1.82, 2.24) is 0 Å². The number of hydrogen-bond acceptors (Lipinski definition) is 1. The van der Waals surface area contributed by atoms with Crippen LogP contribution in [0.4, 0.5) is 17.1 Å². The maximum absolute atomic E-state index is 2.44. The van der Waals surface area contributed by atoms with Gasteiger partial charge in [-0.3, -0.25) is 0 Å². The van der Waals surface area contributed by atoms with Gasteiger partial charge in [0.1, 0.15) is 0 Å². The summed E-state index contributed by atoms with van der Waals surface area (Å²) < 4.78 is 0. The quantitative estimate of drug-likeness (QED) is 0.160. The maximum atomic E-state index is 2.44. The Hall–Kier alpha value is -7.22. The van der Waals surface area contributed by atoms with Crippen LogP contribution < -0.4 is 4.90 Å². The van der Waals surface area contributed by atoms with Crippen LogP contribution in [-0.2, 0) is 0 Å². The molecule has 0 bridgehead atoms. The van der Waals surface area contributed by atoms with Gasteiger partial charge in [-0.05, 0) is 120 Å². The van der Waals surface area contributed by atoms with Crippen LogP contribution in [0, 0.1) is 0 Å². The minimum absolute atomic E-state index is 1.09. The highest BCUT2D eigenvalue weighted by Gasteiger charge is 2.20. The van der Waals surface area contributed by atoms with Gasteiger partial charge < -0.3 is 4.90 Å². The van der Waals surface area contributed by atoms with Gasteiger partial charge in [-0.25, -0.2) is 0 Å². The van der Waals surface area contributed by atoms with Crippen molar-refractivity contribution in [3.63, 3.8) is 0 Å². The number of rotatable bonds is 7. The monoisotopic (exact) mass is 699 g/mol. The van der Waals surface area contributed by atoms with Gasteiger partial charge >= 0.3 is 0 Å². The van der Waals surface area contributed by atoms with Crippen molar-refractivity contribution in [2.45, 2.75) is 0 Å². The first-order valence-corrected chi connectivity index (χ1v) is 18.9. The van der Waals surface area contributed by atoms with E-state index in [0.29, 0.717) is 0 Å². The van der Waals surface area contributed by atoms with Crippen LogP contribution in [-0.4, -0.2) is 0 Å². The Morgan fingerprint density at radius 3 is 1.24 bits per heavy atom. The smallest absolute Gasteiger partial charge is 0.0546 e. The van der Waals surface area contributed by atoms with E-state index in [-0.39, 0.29) is 0 Å². The van der Waals surface area contributed by atoms with E-state index in [1.54, 1.807) is 0 Å². The van der Waals surface area contributed by atoms with E-state index in [0.717, 1.165) is 17.1 Å². The number of nitrogens with zero attached hydrogens (tertiary/aromatic N) is 1. The zero-order valence-corrected chi connectivity index (χ0v) is 30.3. The van der Waals surface area contributed by atoms with E-state index in [4.69, 9.17) is 0 Å². The summed E-state index contributed by atoms with van der Waals surface area (Å²) in [6.45, 7) is 0. The molecular formula is C54H37N. The van der Waals surface area contributed by atoms with E-state index in [1.807, 2.05) is 0 Å². The molecule has 0 radical (unpaired) electrons. The molecule has 0 atom stereocenters. The van der Waals surface area contributed by atoms with Crippen LogP contribution in [0.15, 0.2) is 224 Å². The molecule has 0 N–H and O–H groups in total. The molecule has 0 aliphatic carbocycles. The summed E-state index contributed by atoms with van der Waals surface area (Å²) in [6, 6.07) is 81.7. The van der Waals surface area contributed by atoms with Gasteiger partial charge in [0, 0.05) is 16.9 Å². The average molecular weight is 700 g/mol. The molecule has 0 aliphatic rings. The van der Waals surface area contributed by atoms with E-state index >= 15 is 0 Å². The van der Waals surface area contributed by atoms with E-state index < -0.39 is 0 Å². The summed E-state index contributed by atoms with van der Waals surface area (Å²) in [5.74, 6) is 0. The first kappa shape index (κ1) is 32.4. The predicted molar refractivity (Wildman–Crippen MR) is 235 cm³/mol. The zero-order valence-electron chi connectivity index (χ0n) is 30.3. The highest BCUT2D eigenvalue weighted by Crippen LogP contribution is 2.45. The second kappa shape index (κ2) is 14.0. The fourth-order valence-corrected chi connectivity index (χ4v) is 7.92. The van der Waals surface area contributed by atoms with E-state index in [9.17, 15) is 0 Å². The molecule has 55 heavy (non-hydrogen) atoms. The molecular weight excluding hydrogens is 663 g/mol. The van der Waals surface area contributed by atoms with Crippen LogP contribution in [0.3, 0.4) is 0 Å². The summed E-state index contributed by atoms with van der Waals surface area (Å²) in [4.78, 5) is 2.44. The summed E-state index contributed by atoms with van der Waals surface area (Å²) >= 11 is 0. The molecule has 0 saturated heterocycles. The molecule has 0 amide bonds. The second-order valence-electron chi connectivity index (χ2n) is 14.2. The molecule has 0 spiro atoms. The highest BCUT2D eigenvalue weighted by atomic mass is 15.1. The van der Waals surface area contributed by atoms with Crippen molar-refractivity contribution in [1.29, 1.82) is 0 Å². The Bertz CT molecular complexity index is 2980. The topological polar surface area (TPSA) is 3.24 Å². The van der Waals surface area contributed by atoms with Crippen molar-refractivity contribution >= 4 is 49.4 Å². The largest absolute Gasteiger partial charge is 0.310 e. The van der Waals surface area contributed by atoms with Crippen molar-refractivity contribution in [3.8, 4) is 44.5 Å². The Morgan fingerprint density at radius 1 is 0.218 bits per heavy atom. The Balaban J connectivity index is 1.20. The molecule has 0 aromatic heterocycles. The lowest BCUT2D eigenvalue weighted by atomic mass is 9.94. The second-order valence-corrected chi connectivity index (χ2v) is 14.2. The predicted octanol–water partition coefficient (Wildman–Crippen LogP) is 15.3. The molecule has 10 rings (SSSR count). The van der Waals surface area contributed by atoms with Crippen LogP contribution in [0.5, 0.6) is 0 Å². The normalized spacial score (nSPS) is 11.3. The van der Waals surface area contributed by atoms with Crippen LogP contribution >= 0.6 is 0 Å². The lowest BCUT2D eigenvalue weighted by molar-refractivity contribution is 1.28. The van der Waals surface area contributed by atoms with Crippen molar-refractivity contribution < 1.29 is 0 Å². The summed E-state index contributed by atoms with van der Waals surface area (Å²) in [7, 11) is 0. The van der Waals surface area contributed by atoms with Crippen LogP contribution in [0.2, 0.25) is 0 Å². The number of hydrogen-bond donors (Lipinski definition) is 0. The number of anilines is 3. The lowest BCUT2D eigenvalue weighted by Crippen LogP contribution is -2.11. The molecule has 0 aliphatic heterocycles. The lowest BCUT2D eigenvalue weighted by Gasteiger charge is -2.29. The minimum Gasteiger partial charge on any atom is -0.310 e. The first-order valence-electron chi connectivity index (χ1n) is 18.9. The Morgan fingerprint density at radius 2 is 0.636 bits per heavy atom. The third kappa shape index (κ3) is 6.33.